The molecule has 28 heavy (non-hydrogen) atoms. The largest absolute Gasteiger partial charge is 2.00 e. The number of rotatable bonds is 2. The van der Waals surface area contributed by atoms with Gasteiger partial charge in [-0.15, -0.1) is 0 Å². The quantitative estimate of drug-likeness (QED) is 0.529. The molecular formula is C24H28Cl2SiZr. The summed E-state index contributed by atoms with van der Waals surface area (Å²) in [5.74, 6) is 0. The van der Waals surface area contributed by atoms with E-state index < -0.39 is 8.07 Å². The minimum atomic E-state index is -1.65. The van der Waals surface area contributed by atoms with Gasteiger partial charge >= 0.3 is 26.2 Å². The van der Waals surface area contributed by atoms with Crippen molar-refractivity contribution in [1.29, 1.82) is 0 Å². The first kappa shape index (κ1) is 25.6. The maximum absolute atomic E-state index is 2.60. The van der Waals surface area contributed by atoms with Gasteiger partial charge in [-0.2, -0.15) is 0 Å². The van der Waals surface area contributed by atoms with E-state index >= 15 is 0 Å². The summed E-state index contributed by atoms with van der Waals surface area (Å²) in [5.41, 5.74) is 13.3. The zero-order valence-electron chi connectivity index (χ0n) is 17.5. The van der Waals surface area contributed by atoms with E-state index in [-0.39, 0.29) is 51.0 Å². The van der Waals surface area contributed by atoms with Gasteiger partial charge in [-0.1, -0.05) is 72.8 Å². The Labute approximate surface area is 202 Å². The topological polar surface area (TPSA) is 0 Å². The Bertz CT molecular complexity index is 868. The predicted molar refractivity (Wildman–Crippen MR) is 113 cm³/mol. The SMILES string of the molecule is CC1=Cc2c(C)cccc2C1[Si](C)(C)C1C(C)=Cc2c(C)cccc21.[Cl-].[Cl-].[Zr+2]. The first-order chi connectivity index (χ1) is 11.8. The third-order valence-electron chi connectivity index (χ3n) is 6.48. The van der Waals surface area contributed by atoms with Crippen LogP contribution < -0.4 is 24.8 Å². The maximum Gasteiger partial charge on any atom is 2.00 e. The van der Waals surface area contributed by atoms with Gasteiger partial charge in [0, 0.05) is 11.1 Å². The van der Waals surface area contributed by atoms with Gasteiger partial charge in [0.05, 0.1) is 8.07 Å². The molecule has 0 heterocycles. The Balaban J connectivity index is 0.00000131. The standard InChI is InChI=1S/C24H28Si.2ClH.Zr/c1-15-9-7-11-19-21(15)13-17(3)23(19)25(5,6)24-18(4)14-22-16(2)10-8-12-20(22)24;;;/h7-14,23-24H,1-6H3;2*1H;/q;;;+2/p-2. The summed E-state index contributed by atoms with van der Waals surface area (Å²) < 4.78 is 0. The molecule has 2 aromatic rings. The molecule has 0 nitrogen and oxygen atoms in total. The van der Waals surface area contributed by atoms with Gasteiger partial charge in [0.25, 0.3) is 0 Å². The molecule has 4 rings (SSSR count). The van der Waals surface area contributed by atoms with E-state index in [1.54, 1.807) is 22.3 Å². The predicted octanol–water partition coefficient (Wildman–Crippen LogP) is 0.797. The number of aryl methyl sites for hydroxylation is 2. The summed E-state index contributed by atoms with van der Waals surface area (Å²) in [7, 11) is -1.65. The first-order valence-corrected chi connectivity index (χ1v) is 12.5. The van der Waals surface area contributed by atoms with E-state index in [1.807, 2.05) is 0 Å². The van der Waals surface area contributed by atoms with Crippen LogP contribution in [0.2, 0.25) is 13.1 Å². The van der Waals surface area contributed by atoms with Gasteiger partial charge in [-0.05, 0) is 61.1 Å². The van der Waals surface area contributed by atoms with Crippen molar-refractivity contribution in [2.75, 3.05) is 0 Å². The molecule has 0 amide bonds. The van der Waals surface area contributed by atoms with Crippen molar-refractivity contribution >= 4 is 20.2 Å². The summed E-state index contributed by atoms with van der Waals surface area (Å²) in [6, 6.07) is 13.7. The van der Waals surface area contributed by atoms with Crippen molar-refractivity contribution in [1.82, 2.24) is 0 Å². The van der Waals surface area contributed by atoms with E-state index in [4.69, 9.17) is 0 Å². The van der Waals surface area contributed by atoms with Crippen LogP contribution in [0, 0.1) is 13.8 Å². The molecule has 2 aromatic carbocycles. The Hall–Kier alpha value is -0.400. The molecule has 146 valence electrons. The molecule has 0 N–H and O–H groups in total. The average molecular weight is 507 g/mol. The van der Waals surface area contributed by atoms with Crippen molar-refractivity contribution in [3.63, 3.8) is 0 Å². The van der Waals surface area contributed by atoms with Crippen molar-refractivity contribution < 1.29 is 51.0 Å². The zero-order chi connectivity index (χ0) is 17.9. The van der Waals surface area contributed by atoms with Crippen LogP contribution in [-0.2, 0) is 26.2 Å². The van der Waals surface area contributed by atoms with Crippen LogP contribution in [0.25, 0.3) is 12.2 Å². The van der Waals surface area contributed by atoms with Crippen LogP contribution >= 0.6 is 0 Å². The smallest absolute Gasteiger partial charge is 1.00 e. The average Bonchev–Trinajstić information content (AvgIpc) is 3.06. The Morgan fingerprint density at radius 3 is 1.36 bits per heavy atom. The second-order valence-corrected chi connectivity index (χ2v) is 13.4. The minimum absolute atomic E-state index is 0. The molecule has 0 aromatic heterocycles. The van der Waals surface area contributed by atoms with Gasteiger partial charge in [0.1, 0.15) is 0 Å². The third kappa shape index (κ3) is 3.83. The number of hydrogen-bond acceptors (Lipinski definition) is 0. The fourth-order valence-corrected chi connectivity index (χ4v) is 10.5. The molecule has 2 atom stereocenters. The third-order valence-corrected chi connectivity index (χ3v) is 11.0. The molecule has 0 saturated heterocycles. The fraction of sp³-hybridized carbons (Fsp3) is 0.333. The van der Waals surface area contributed by atoms with Gasteiger partial charge < -0.3 is 24.8 Å². The van der Waals surface area contributed by atoms with Crippen LogP contribution in [0.1, 0.15) is 58.3 Å². The summed E-state index contributed by atoms with van der Waals surface area (Å²) in [6.07, 6.45) is 4.91. The molecule has 0 spiro atoms. The van der Waals surface area contributed by atoms with Crippen LogP contribution in [0.4, 0.5) is 0 Å². The number of hydrogen-bond donors (Lipinski definition) is 0. The number of fused-ring (bicyclic) bond motifs is 2. The first-order valence-electron chi connectivity index (χ1n) is 9.37. The van der Waals surface area contributed by atoms with Gasteiger partial charge in [0.15, 0.2) is 0 Å². The molecule has 4 heteroatoms. The van der Waals surface area contributed by atoms with Gasteiger partial charge in [-0.25, -0.2) is 0 Å². The maximum atomic E-state index is 2.60. The van der Waals surface area contributed by atoms with Crippen LogP contribution in [0.15, 0.2) is 47.5 Å². The Morgan fingerprint density at radius 2 is 1.00 bits per heavy atom. The van der Waals surface area contributed by atoms with Gasteiger partial charge in [0.2, 0.25) is 0 Å². The molecule has 2 unspecified atom stereocenters. The molecule has 2 aliphatic rings. The monoisotopic (exact) mass is 504 g/mol. The number of allylic oxidation sites excluding steroid dienone is 2. The summed E-state index contributed by atoms with van der Waals surface area (Å²) >= 11 is 0. The van der Waals surface area contributed by atoms with Crippen LogP contribution in [0.3, 0.4) is 0 Å². The molecular weight excluding hydrogens is 478 g/mol. The zero-order valence-corrected chi connectivity index (χ0v) is 22.5. The van der Waals surface area contributed by atoms with E-state index in [0.29, 0.717) is 11.1 Å². The van der Waals surface area contributed by atoms with Crippen LogP contribution in [-0.4, -0.2) is 8.07 Å². The van der Waals surface area contributed by atoms with Crippen LogP contribution in [0.5, 0.6) is 0 Å². The molecule has 2 aliphatic carbocycles. The normalized spacial score (nSPS) is 19.4. The van der Waals surface area contributed by atoms with Crippen molar-refractivity contribution in [3.05, 3.63) is 80.9 Å². The van der Waals surface area contributed by atoms with E-state index in [9.17, 15) is 0 Å². The van der Waals surface area contributed by atoms with Crippen molar-refractivity contribution in [2.45, 2.75) is 51.9 Å². The Morgan fingerprint density at radius 1 is 0.643 bits per heavy atom. The minimum Gasteiger partial charge on any atom is -1.00 e. The summed E-state index contributed by atoms with van der Waals surface area (Å²) in [4.78, 5) is 0. The molecule has 0 fully saturated rings. The van der Waals surface area contributed by atoms with Gasteiger partial charge in [-0.3, -0.25) is 0 Å². The van der Waals surface area contributed by atoms with E-state index in [1.165, 1.54) is 22.3 Å². The molecule has 0 aliphatic heterocycles. The Kier molecular flexibility index (Phi) is 8.40. The second kappa shape index (κ2) is 9.17. The summed E-state index contributed by atoms with van der Waals surface area (Å²) in [6.45, 7) is 14.4. The fourth-order valence-electron chi connectivity index (χ4n) is 5.56. The van der Waals surface area contributed by atoms with E-state index in [0.717, 1.165) is 0 Å². The second-order valence-electron chi connectivity index (χ2n) is 8.62. The number of benzene rings is 2. The van der Waals surface area contributed by atoms with Crippen molar-refractivity contribution in [3.8, 4) is 0 Å². The molecule has 0 radical (unpaired) electrons. The number of halogens is 2. The molecule has 0 bridgehead atoms. The van der Waals surface area contributed by atoms with Crippen molar-refractivity contribution in [2.24, 2.45) is 0 Å². The summed E-state index contributed by atoms with van der Waals surface area (Å²) in [5, 5.41) is 0. The molecule has 0 saturated carbocycles. The van der Waals surface area contributed by atoms with E-state index in [2.05, 4.69) is 89.3 Å².